The van der Waals surface area contributed by atoms with Gasteiger partial charge in [-0.3, -0.25) is 0 Å². The molecule has 19 heavy (non-hydrogen) atoms. The van der Waals surface area contributed by atoms with Crippen molar-refractivity contribution in [2.75, 3.05) is 0 Å². The molecule has 3 rings (SSSR count). The molecule has 2 aromatic heterocycles. The Balaban J connectivity index is 2.10. The fourth-order valence-corrected chi connectivity index (χ4v) is 1.78. The molecule has 0 radical (unpaired) electrons. The molecule has 0 aliphatic carbocycles. The van der Waals surface area contributed by atoms with Gasteiger partial charge in [-0.05, 0) is 30.3 Å². The summed E-state index contributed by atoms with van der Waals surface area (Å²) in [6.07, 6.45) is 3.10. The molecule has 0 aliphatic heterocycles. The van der Waals surface area contributed by atoms with E-state index < -0.39 is 0 Å². The first-order chi connectivity index (χ1) is 9.26. The number of hydrogen-bond acceptors (Lipinski definition) is 3. The summed E-state index contributed by atoms with van der Waals surface area (Å²) in [5, 5.41) is 9.16. The second-order valence-electron chi connectivity index (χ2n) is 3.93. The number of furan rings is 1. The minimum absolute atomic E-state index is 0.326. The third-order valence-corrected chi connectivity index (χ3v) is 2.65. The number of rotatable bonds is 2. The number of halogens is 1. The van der Waals surface area contributed by atoms with Crippen LogP contribution in [0.3, 0.4) is 0 Å². The lowest BCUT2D eigenvalue weighted by Crippen LogP contribution is -1.83. The Hall–Kier alpha value is -2.87. The van der Waals surface area contributed by atoms with Crippen molar-refractivity contribution in [3.05, 3.63) is 54.0 Å². The summed E-state index contributed by atoms with van der Waals surface area (Å²) >= 11 is 0. The number of allylic oxidation sites excluding steroid dienone is 1. The summed E-state index contributed by atoms with van der Waals surface area (Å²) in [5.41, 5.74) is 1.49. The van der Waals surface area contributed by atoms with Gasteiger partial charge in [-0.2, -0.15) is 5.26 Å². The molecule has 1 aromatic carbocycles. The molecular weight excluding hydrogens is 245 g/mol. The molecule has 0 aliphatic rings. The largest absolute Gasteiger partial charge is 0.465 e. The SMILES string of the molecule is N#C/C(=C/c1ccco1)c1nc2ccc(F)cc2[nH]1. The van der Waals surface area contributed by atoms with Gasteiger partial charge in [0.05, 0.1) is 22.9 Å². The maximum Gasteiger partial charge on any atom is 0.149 e. The molecule has 0 bridgehead atoms. The first-order valence-corrected chi connectivity index (χ1v) is 5.57. The smallest absolute Gasteiger partial charge is 0.149 e. The first kappa shape index (κ1) is 11.2. The number of nitrogens with zero attached hydrogens (tertiary/aromatic N) is 2. The summed E-state index contributed by atoms with van der Waals surface area (Å²) < 4.78 is 18.2. The van der Waals surface area contributed by atoms with Crippen molar-refractivity contribution in [3.8, 4) is 6.07 Å². The Morgan fingerprint density at radius 2 is 2.32 bits per heavy atom. The third kappa shape index (κ3) is 2.11. The second kappa shape index (κ2) is 4.42. The van der Waals surface area contributed by atoms with Crippen LogP contribution in [-0.4, -0.2) is 9.97 Å². The minimum atomic E-state index is -0.351. The van der Waals surface area contributed by atoms with Gasteiger partial charge < -0.3 is 9.40 Å². The zero-order valence-corrected chi connectivity index (χ0v) is 9.72. The van der Waals surface area contributed by atoms with E-state index in [4.69, 9.17) is 9.68 Å². The molecule has 3 aromatic rings. The molecule has 0 amide bonds. The molecular formula is C14H8FN3O. The molecule has 0 spiro atoms. The van der Waals surface area contributed by atoms with Crippen LogP contribution in [0, 0.1) is 17.1 Å². The summed E-state index contributed by atoms with van der Waals surface area (Å²) in [6, 6.07) is 9.74. The van der Waals surface area contributed by atoms with Crippen molar-refractivity contribution in [1.29, 1.82) is 5.26 Å². The Kier molecular flexibility index (Phi) is 2.62. The van der Waals surface area contributed by atoms with Crippen molar-refractivity contribution in [2.45, 2.75) is 0 Å². The normalized spacial score (nSPS) is 11.7. The molecule has 0 atom stereocenters. The lowest BCUT2D eigenvalue weighted by molar-refractivity contribution is 0.557. The lowest BCUT2D eigenvalue weighted by Gasteiger charge is -1.91. The standard InChI is InChI=1S/C14H8FN3O/c15-10-3-4-12-13(7-10)18-14(17-12)9(8-16)6-11-2-1-5-19-11/h1-7H,(H,17,18)/b9-6-. The highest BCUT2D eigenvalue weighted by molar-refractivity contribution is 5.89. The molecule has 1 N–H and O–H groups in total. The molecule has 92 valence electrons. The molecule has 4 nitrogen and oxygen atoms in total. The average molecular weight is 253 g/mol. The van der Waals surface area contributed by atoms with E-state index in [1.807, 2.05) is 6.07 Å². The Morgan fingerprint density at radius 3 is 3.05 bits per heavy atom. The third-order valence-electron chi connectivity index (χ3n) is 2.65. The van der Waals surface area contributed by atoms with Crippen LogP contribution in [0.5, 0.6) is 0 Å². The van der Waals surface area contributed by atoms with Crippen molar-refractivity contribution in [3.63, 3.8) is 0 Å². The number of imidazole rings is 1. The number of benzene rings is 1. The fourth-order valence-electron chi connectivity index (χ4n) is 1.78. The van der Waals surface area contributed by atoms with E-state index in [2.05, 4.69) is 9.97 Å². The molecule has 0 fully saturated rings. The summed E-state index contributed by atoms with van der Waals surface area (Å²) in [5.74, 6) is 0.596. The van der Waals surface area contributed by atoms with Gasteiger partial charge in [0, 0.05) is 6.08 Å². The molecule has 2 heterocycles. The van der Waals surface area contributed by atoms with E-state index >= 15 is 0 Å². The predicted molar refractivity (Wildman–Crippen MR) is 68.2 cm³/mol. The summed E-state index contributed by atoms with van der Waals surface area (Å²) in [7, 11) is 0. The van der Waals surface area contributed by atoms with E-state index in [1.54, 1.807) is 24.3 Å². The van der Waals surface area contributed by atoms with Crippen molar-refractivity contribution < 1.29 is 8.81 Å². The zero-order valence-electron chi connectivity index (χ0n) is 9.72. The van der Waals surface area contributed by atoms with Gasteiger partial charge in [-0.25, -0.2) is 9.37 Å². The van der Waals surface area contributed by atoms with E-state index in [1.165, 1.54) is 18.4 Å². The number of aromatic nitrogens is 2. The van der Waals surface area contributed by atoms with Crippen LogP contribution in [0.2, 0.25) is 0 Å². The van der Waals surface area contributed by atoms with Gasteiger partial charge in [0.1, 0.15) is 23.5 Å². The summed E-state index contributed by atoms with van der Waals surface area (Å²) in [4.78, 5) is 7.17. The molecule has 0 saturated carbocycles. The Bertz CT molecular complexity index is 794. The van der Waals surface area contributed by atoms with E-state index in [-0.39, 0.29) is 5.82 Å². The number of fused-ring (bicyclic) bond motifs is 1. The van der Waals surface area contributed by atoms with Crippen LogP contribution in [0.1, 0.15) is 11.6 Å². The van der Waals surface area contributed by atoms with Gasteiger partial charge in [0.2, 0.25) is 0 Å². The number of aromatic amines is 1. The monoisotopic (exact) mass is 253 g/mol. The van der Waals surface area contributed by atoms with Crippen LogP contribution < -0.4 is 0 Å². The van der Waals surface area contributed by atoms with Gasteiger partial charge in [-0.15, -0.1) is 0 Å². The second-order valence-corrected chi connectivity index (χ2v) is 3.93. The van der Waals surface area contributed by atoms with Crippen LogP contribution in [-0.2, 0) is 0 Å². The van der Waals surface area contributed by atoms with Gasteiger partial charge in [0.25, 0.3) is 0 Å². The topological polar surface area (TPSA) is 65.6 Å². The van der Waals surface area contributed by atoms with Crippen LogP contribution in [0.15, 0.2) is 41.0 Å². The number of hydrogen-bond donors (Lipinski definition) is 1. The summed E-state index contributed by atoms with van der Waals surface area (Å²) in [6.45, 7) is 0. The van der Waals surface area contributed by atoms with Gasteiger partial charge >= 0.3 is 0 Å². The number of H-pyrrole nitrogens is 1. The fraction of sp³-hybridized carbons (Fsp3) is 0. The van der Waals surface area contributed by atoms with Gasteiger partial charge in [0.15, 0.2) is 0 Å². The van der Waals surface area contributed by atoms with Crippen molar-refractivity contribution in [1.82, 2.24) is 9.97 Å². The minimum Gasteiger partial charge on any atom is -0.465 e. The maximum atomic E-state index is 13.1. The Morgan fingerprint density at radius 1 is 1.42 bits per heavy atom. The maximum absolute atomic E-state index is 13.1. The highest BCUT2D eigenvalue weighted by Gasteiger charge is 2.09. The highest BCUT2D eigenvalue weighted by Crippen LogP contribution is 2.19. The van der Waals surface area contributed by atoms with Crippen LogP contribution >= 0.6 is 0 Å². The van der Waals surface area contributed by atoms with Crippen LogP contribution in [0.4, 0.5) is 4.39 Å². The first-order valence-electron chi connectivity index (χ1n) is 5.57. The highest BCUT2D eigenvalue weighted by atomic mass is 19.1. The van der Waals surface area contributed by atoms with Crippen molar-refractivity contribution >= 4 is 22.7 Å². The Labute approximate surface area is 107 Å². The number of nitrogens with one attached hydrogen (secondary N) is 1. The van der Waals surface area contributed by atoms with E-state index in [0.717, 1.165) is 0 Å². The lowest BCUT2D eigenvalue weighted by atomic mass is 10.2. The zero-order chi connectivity index (χ0) is 13.2. The molecule has 5 heteroatoms. The van der Waals surface area contributed by atoms with Crippen LogP contribution in [0.25, 0.3) is 22.7 Å². The van der Waals surface area contributed by atoms with E-state index in [9.17, 15) is 4.39 Å². The molecule has 0 saturated heterocycles. The van der Waals surface area contributed by atoms with E-state index in [0.29, 0.717) is 28.2 Å². The van der Waals surface area contributed by atoms with Crippen molar-refractivity contribution in [2.24, 2.45) is 0 Å². The molecule has 0 unspecified atom stereocenters. The average Bonchev–Trinajstić information content (AvgIpc) is 3.03. The van der Waals surface area contributed by atoms with Gasteiger partial charge in [-0.1, -0.05) is 0 Å². The quantitative estimate of drug-likeness (QED) is 0.712. The predicted octanol–water partition coefficient (Wildman–Crippen LogP) is 3.36. The number of nitriles is 1.